The summed E-state index contributed by atoms with van der Waals surface area (Å²) in [6, 6.07) is 8.89. The highest BCUT2D eigenvalue weighted by Crippen LogP contribution is 2.28. The molecular formula is C16H12ClNO2. The molecule has 0 saturated heterocycles. The Morgan fingerprint density at radius 3 is 2.95 bits per heavy atom. The number of carbonyl (C=O) groups is 1. The minimum Gasteiger partial charge on any atom is -0.451 e. The van der Waals surface area contributed by atoms with Gasteiger partial charge in [0.15, 0.2) is 11.3 Å². The largest absolute Gasteiger partial charge is 0.451 e. The Labute approximate surface area is 121 Å². The summed E-state index contributed by atoms with van der Waals surface area (Å²) in [5.74, 6) is 0.158. The molecule has 2 aromatic heterocycles. The first kappa shape index (κ1) is 12.9. The van der Waals surface area contributed by atoms with E-state index >= 15 is 0 Å². The fourth-order valence-corrected chi connectivity index (χ4v) is 2.42. The van der Waals surface area contributed by atoms with Crippen LogP contribution in [0.15, 0.2) is 47.1 Å². The fourth-order valence-electron chi connectivity index (χ4n) is 2.20. The van der Waals surface area contributed by atoms with Crippen molar-refractivity contribution in [3.8, 4) is 0 Å². The smallest absolute Gasteiger partial charge is 0.228 e. The molecule has 2 heterocycles. The van der Waals surface area contributed by atoms with E-state index in [1.54, 1.807) is 30.6 Å². The van der Waals surface area contributed by atoms with Crippen LogP contribution >= 0.6 is 11.6 Å². The molecule has 0 aliphatic heterocycles. The number of pyridine rings is 1. The maximum absolute atomic E-state index is 12.5. The number of hydrogen-bond acceptors (Lipinski definition) is 3. The van der Waals surface area contributed by atoms with E-state index in [9.17, 15) is 4.79 Å². The van der Waals surface area contributed by atoms with Crippen molar-refractivity contribution in [1.29, 1.82) is 0 Å². The molecule has 4 heteroatoms. The Kier molecular flexibility index (Phi) is 3.28. The molecule has 100 valence electrons. The van der Waals surface area contributed by atoms with E-state index < -0.39 is 0 Å². The van der Waals surface area contributed by atoms with Crippen LogP contribution in [0.2, 0.25) is 5.02 Å². The van der Waals surface area contributed by atoms with Crippen molar-refractivity contribution < 1.29 is 9.21 Å². The van der Waals surface area contributed by atoms with Gasteiger partial charge in [-0.05, 0) is 30.2 Å². The van der Waals surface area contributed by atoms with Crippen LogP contribution < -0.4 is 0 Å². The van der Waals surface area contributed by atoms with Crippen molar-refractivity contribution in [3.63, 3.8) is 0 Å². The predicted octanol–water partition coefficient (Wildman–Crippen LogP) is 4.27. The molecular weight excluding hydrogens is 274 g/mol. The van der Waals surface area contributed by atoms with E-state index in [1.165, 1.54) is 0 Å². The summed E-state index contributed by atoms with van der Waals surface area (Å²) in [5.41, 5.74) is 2.08. The van der Waals surface area contributed by atoms with Crippen LogP contribution in [0.4, 0.5) is 0 Å². The van der Waals surface area contributed by atoms with Gasteiger partial charge in [-0.2, -0.15) is 0 Å². The number of carbonyl (C=O) groups excluding carboxylic acids is 1. The molecule has 3 nitrogen and oxygen atoms in total. The second-order valence-electron chi connectivity index (χ2n) is 4.48. The molecule has 0 aliphatic rings. The predicted molar refractivity (Wildman–Crippen MR) is 78.3 cm³/mol. The lowest BCUT2D eigenvalue weighted by Crippen LogP contribution is -2.04. The zero-order valence-electron chi connectivity index (χ0n) is 10.9. The number of fused-ring (bicyclic) bond motifs is 1. The van der Waals surface area contributed by atoms with Crippen molar-refractivity contribution in [2.45, 2.75) is 13.3 Å². The van der Waals surface area contributed by atoms with Gasteiger partial charge in [0.1, 0.15) is 0 Å². The summed E-state index contributed by atoms with van der Waals surface area (Å²) < 4.78 is 5.61. The first-order valence-electron chi connectivity index (χ1n) is 6.36. The molecule has 20 heavy (non-hydrogen) atoms. The minimum atomic E-state index is -0.142. The van der Waals surface area contributed by atoms with E-state index in [0.29, 0.717) is 21.9 Å². The third-order valence-corrected chi connectivity index (χ3v) is 3.55. The van der Waals surface area contributed by atoms with Gasteiger partial charge in [0.05, 0.1) is 5.02 Å². The normalized spacial score (nSPS) is 10.9. The number of aryl methyl sites for hydroxylation is 1. The molecule has 0 atom stereocenters. The van der Waals surface area contributed by atoms with E-state index in [0.717, 1.165) is 17.4 Å². The fraction of sp³-hybridized carbons (Fsp3) is 0.125. The highest BCUT2D eigenvalue weighted by atomic mass is 35.5. The molecule has 0 fully saturated rings. The zero-order chi connectivity index (χ0) is 14.1. The number of aromatic nitrogens is 1. The van der Waals surface area contributed by atoms with Crippen LogP contribution in [-0.4, -0.2) is 10.8 Å². The maximum atomic E-state index is 12.5. The Balaban J connectivity index is 2.11. The number of nitrogens with zero attached hydrogens (tertiary/aromatic N) is 1. The molecule has 0 spiro atoms. The second-order valence-corrected chi connectivity index (χ2v) is 4.89. The first-order valence-corrected chi connectivity index (χ1v) is 6.74. The Bertz CT molecular complexity index is 792. The van der Waals surface area contributed by atoms with Gasteiger partial charge in [-0.1, -0.05) is 30.7 Å². The van der Waals surface area contributed by atoms with Gasteiger partial charge in [-0.15, -0.1) is 0 Å². The number of para-hydroxylation sites is 1. The molecule has 0 radical (unpaired) electrons. The summed E-state index contributed by atoms with van der Waals surface area (Å²) in [6.07, 6.45) is 4.07. The SMILES string of the molecule is CCc1cnccc1C(=O)c1cc2cccc(Cl)c2o1. The average Bonchev–Trinajstić information content (AvgIpc) is 2.92. The maximum Gasteiger partial charge on any atom is 0.228 e. The van der Waals surface area contributed by atoms with Gasteiger partial charge in [0.2, 0.25) is 5.78 Å². The topological polar surface area (TPSA) is 43.1 Å². The van der Waals surface area contributed by atoms with Crippen molar-refractivity contribution in [2.75, 3.05) is 0 Å². The lowest BCUT2D eigenvalue weighted by molar-refractivity contribution is 0.101. The summed E-state index contributed by atoms with van der Waals surface area (Å²) in [5, 5.41) is 1.33. The number of benzene rings is 1. The van der Waals surface area contributed by atoms with E-state index in [4.69, 9.17) is 16.0 Å². The van der Waals surface area contributed by atoms with Crippen molar-refractivity contribution >= 4 is 28.4 Å². The molecule has 0 saturated carbocycles. The Morgan fingerprint density at radius 1 is 1.35 bits per heavy atom. The molecule has 0 aliphatic carbocycles. The summed E-state index contributed by atoms with van der Waals surface area (Å²) in [6.45, 7) is 1.99. The molecule has 0 N–H and O–H groups in total. The van der Waals surface area contributed by atoms with Gasteiger partial charge >= 0.3 is 0 Å². The monoisotopic (exact) mass is 285 g/mol. The minimum absolute atomic E-state index is 0.142. The van der Waals surface area contributed by atoms with Crippen molar-refractivity contribution in [3.05, 3.63) is 64.6 Å². The van der Waals surface area contributed by atoms with Crippen LogP contribution in [-0.2, 0) is 6.42 Å². The van der Waals surface area contributed by atoms with Gasteiger partial charge in [-0.3, -0.25) is 9.78 Å². The number of ketones is 1. The first-order chi connectivity index (χ1) is 9.70. The summed E-state index contributed by atoms with van der Waals surface area (Å²) in [4.78, 5) is 16.6. The summed E-state index contributed by atoms with van der Waals surface area (Å²) >= 11 is 6.06. The van der Waals surface area contributed by atoms with E-state index in [1.807, 2.05) is 19.1 Å². The third kappa shape index (κ3) is 2.10. The van der Waals surface area contributed by atoms with Gasteiger partial charge in [0, 0.05) is 23.3 Å². The van der Waals surface area contributed by atoms with E-state index in [-0.39, 0.29) is 5.78 Å². The Morgan fingerprint density at radius 2 is 2.20 bits per heavy atom. The second kappa shape index (κ2) is 5.10. The molecule has 1 aromatic carbocycles. The van der Waals surface area contributed by atoms with E-state index in [2.05, 4.69) is 4.98 Å². The highest BCUT2D eigenvalue weighted by molar-refractivity contribution is 6.35. The summed E-state index contributed by atoms with van der Waals surface area (Å²) in [7, 11) is 0. The third-order valence-electron chi connectivity index (χ3n) is 3.25. The van der Waals surface area contributed by atoms with Gasteiger partial charge < -0.3 is 4.42 Å². The highest BCUT2D eigenvalue weighted by Gasteiger charge is 2.18. The number of furan rings is 1. The average molecular weight is 286 g/mol. The van der Waals surface area contributed by atoms with Crippen molar-refractivity contribution in [2.24, 2.45) is 0 Å². The quantitative estimate of drug-likeness (QED) is 0.675. The van der Waals surface area contributed by atoms with Crippen LogP contribution in [0.5, 0.6) is 0 Å². The van der Waals surface area contributed by atoms with Crippen molar-refractivity contribution in [1.82, 2.24) is 4.98 Å². The van der Waals surface area contributed by atoms with Crippen LogP contribution in [0.3, 0.4) is 0 Å². The standard InChI is InChI=1S/C16H12ClNO2/c1-2-10-9-18-7-6-12(10)15(19)14-8-11-4-3-5-13(17)16(11)20-14/h3-9H,2H2,1H3. The molecule has 3 aromatic rings. The lowest BCUT2D eigenvalue weighted by Gasteiger charge is -2.03. The zero-order valence-corrected chi connectivity index (χ0v) is 11.6. The van der Waals surface area contributed by atoms with Gasteiger partial charge in [-0.25, -0.2) is 0 Å². The molecule has 0 bridgehead atoms. The lowest BCUT2D eigenvalue weighted by atomic mass is 10.0. The molecule has 0 unspecified atom stereocenters. The number of hydrogen-bond donors (Lipinski definition) is 0. The van der Waals surface area contributed by atoms with Crippen LogP contribution in [0, 0.1) is 0 Å². The number of halogens is 1. The molecule has 0 amide bonds. The Hall–Kier alpha value is -2.13. The number of rotatable bonds is 3. The van der Waals surface area contributed by atoms with Gasteiger partial charge in [0.25, 0.3) is 0 Å². The van der Waals surface area contributed by atoms with Crippen LogP contribution in [0.25, 0.3) is 11.0 Å². The van der Waals surface area contributed by atoms with Crippen LogP contribution in [0.1, 0.15) is 28.6 Å². The molecule has 3 rings (SSSR count).